The Morgan fingerprint density at radius 1 is 0.800 bits per heavy atom. The van der Waals surface area contributed by atoms with Crippen LogP contribution in [0.2, 0.25) is 0 Å². The van der Waals surface area contributed by atoms with Gasteiger partial charge >= 0.3 is 0 Å². The van der Waals surface area contributed by atoms with Crippen LogP contribution in [0.5, 0.6) is 0 Å². The van der Waals surface area contributed by atoms with Crippen LogP contribution in [0.1, 0.15) is 84.0 Å². The summed E-state index contributed by atoms with van der Waals surface area (Å²) in [6.07, 6.45) is 15.3. The summed E-state index contributed by atoms with van der Waals surface area (Å²) in [5.74, 6) is 0. The predicted molar refractivity (Wildman–Crippen MR) is 84.9 cm³/mol. The first-order valence-electron chi connectivity index (χ1n) is 8.76. The molecule has 0 aromatic rings. The molecule has 0 aliphatic heterocycles. The molecular weight excluding hydrogens is 250 g/mol. The Balaban J connectivity index is 2.48. The minimum absolute atomic E-state index is 0.0243. The third-order valence-electron chi connectivity index (χ3n) is 4.90. The Kier molecular flexibility index (Phi) is 9.49. The second-order valence-electron chi connectivity index (χ2n) is 6.55. The van der Waals surface area contributed by atoms with Gasteiger partial charge in [-0.05, 0) is 19.3 Å². The zero-order valence-electron chi connectivity index (χ0n) is 13.4. The number of hydrogen-bond donors (Lipinski definition) is 3. The van der Waals surface area contributed by atoms with E-state index < -0.39 is 5.54 Å². The molecule has 1 aliphatic rings. The molecule has 0 aromatic carbocycles. The number of aliphatic hydroxyl groups is 2. The molecule has 1 saturated carbocycles. The fourth-order valence-electron chi connectivity index (χ4n) is 3.21. The van der Waals surface area contributed by atoms with Gasteiger partial charge in [0.2, 0.25) is 0 Å². The first-order chi connectivity index (χ1) is 9.76. The zero-order chi connectivity index (χ0) is 14.7. The van der Waals surface area contributed by atoms with Gasteiger partial charge in [-0.2, -0.15) is 0 Å². The van der Waals surface area contributed by atoms with Crippen LogP contribution in [0, 0.1) is 0 Å². The molecule has 0 radical (unpaired) electrons. The molecule has 3 N–H and O–H groups in total. The summed E-state index contributed by atoms with van der Waals surface area (Å²) in [5.41, 5.74) is -0.484. The predicted octanol–water partition coefficient (Wildman–Crippen LogP) is 3.38. The maximum atomic E-state index is 9.59. The van der Waals surface area contributed by atoms with Crippen molar-refractivity contribution in [1.29, 1.82) is 0 Å². The number of aliphatic hydroxyl groups excluding tert-OH is 2. The molecule has 0 heterocycles. The lowest BCUT2D eigenvalue weighted by Gasteiger charge is -2.35. The minimum atomic E-state index is -0.484. The number of hydrogen-bond acceptors (Lipinski definition) is 3. The molecule has 0 saturated heterocycles. The largest absolute Gasteiger partial charge is 0.394 e. The number of rotatable bonds is 5. The Hall–Kier alpha value is -0.120. The van der Waals surface area contributed by atoms with Crippen LogP contribution in [0.3, 0.4) is 0 Å². The highest BCUT2D eigenvalue weighted by molar-refractivity contribution is 4.89. The molecule has 20 heavy (non-hydrogen) atoms. The van der Waals surface area contributed by atoms with E-state index in [1.165, 1.54) is 70.6 Å². The third-order valence-corrected chi connectivity index (χ3v) is 4.90. The summed E-state index contributed by atoms with van der Waals surface area (Å²) in [4.78, 5) is 0. The van der Waals surface area contributed by atoms with Gasteiger partial charge < -0.3 is 15.5 Å². The van der Waals surface area contributed by atoms with E-state index in [9.17, 15) is 10.2 Å². The molecule has 1 fully saturated rings. The molecule has 1 rings (SSSR count). The van der Waals surface area contributed by atoms with Gasteiger partial charge in [0.25, 0.3) is 0 Å². The minimum Gasteiger partial charge on any atom is -0.394 e. The average Bonchev–Trinajstić information content (AvgIpc) is 2.47. The highest BCUT2D eigenvalue weighted by atomic mass is 16.3. The Morgan fingerprint density at radius 3 is 1.55 bits per heavy atom. The fraction of sp³-hybridized carbons (Fsp3) is 1.00. The van der Waals surface area contributed by atoms with E-state index in [0.717, 1.165) is 6.42 Å². The first kappa shape index (κ1) is 17.9. The Bertz CT molecular complexity index is 209. The molecule has 3 heteroatoms. The normalized spacial score (nSPS) is 21.1. The van der Waals surface area contributed by atoms with Gasteiger partial charge in [-0.1, -0.05) is 64.7 Å². The Labute approximate surface area is 125 Å². The van der Waals surface area contributed by atoms with Crippen LogP contribution >= 0.6 is 0 Å². The maximum absolute atomic E-state index is 9.59. The molecule has 1 aliphatic carbocycles. The zero-order valence-corrected chi connectivity index (χ0v) is 13.4. The lowest BCUT2D eigenvalue weighted by atomic mass is 9.92. The van der Waals surface area contributed by atoms with Crippen LogP contribution in [-0.4, -0.2) is 35.0 Å². The summed E-state index contributed by atoms with van der Waals surface area (Å²) in [5, 5.41) is 22.8. The highest BCUT2D eigenvalue weighted by Gasteiger charge is 2.28. The molecule has 0 bridgehead atoms. The van der Waals surface area contributed by atoms with Crippen molar-refractivity contribution < 1.29 is 10.2 Å². The second kappa shape index (κ2) is 10.6. The van der Waals surface area contributed by atoms with Crippen molar-refractivity contribution >= 4 is 0 Å². The smallest absolute Gasteiger partial charge is 0.0647 e. The highest BCUT2D eigenvalue weighted by Crippen LogP contribution is 2.19. The monoisotopic (exact) mass is 285 g/mol. The standard InChI is InChI=1S/C17H35NO2/c1-2-17(14-19,15-20)18-16-12-10-8-6-4-3-5-7-9-11-13-16/h16,18-20H,2-15H2,1H3. The van der Waals surface area contributed by atoms with E-state index in [2.05, 4.69) is 5.32 Å². The summed E-state index contributed by atoms with van der Waals surface area (Å²) in [6, 6.07) is 0.452. The Morgan fingerprint density at radius 2 is 1.20 bits per heavy atom. The summed E-state index contributed by atoms with van der Waals surface area (Å²) >= 11 is 0. The fourth-order valence-corrected chi connectivity index (χ4v) is 3.21. The van der Waals surface area contributed by atoms with Crippen molar-refractivity contribution in [2.45, 2.75) is 95.6 Å². The van der Waals surface area contributed by atoms with Crippen molar-refractivity contribution in [2.75, 3.05) is 13.2 Å². The molecule has 0 aromatic heterocycles. The second-order valence-corrected chi connectivity index (χ2v) is 6.55. The van der Waals surface area contributed by atoms with Gasteiger partial charge in [0.05, 0.1) is 18.8 Å². The molecular formula is C17H35NO2. The van der Waals surface area contributed by atoms with Crippen molar-refractivity contribution in [1.82, 2.24) is 5.32 Å². The molecule has 3 nitrogen and oxygen atoms in total. The summed E-state index contributed by atoms with van der Waals surface area (Å²) in [6.45, 7) is 2.09. The van der Waals surface area contributed by atoms with Gasteiger partial charge in [-0.15, -0.1) is 0 Å². The maximum Gasteiger partial charge on any atom is 0.0647 e. The van der Waals surface area contributed by atoms with E-state index in [1.54, 1.807) is 0 Å². The quantitative estimate of drug-likeness (QED) is 0.726. The van der Waals surface area contributed by atoms with E-state index >= 15 is 0 Å². The van der Waals surface area contributed by atoms with E-state index in [4.69, 9.17) is 0 Å². The van der Waals surface area contributed by atoms with Gasteiger partial charge in [0.1, 0.15) is 0 Å². The lowest BCUT2D eigenvalue weighted by Crippen LogP contribution is -2.55. The SMILES string of the molecule is CCC(CO)(CO)NC1CCCCCCCCCCC1. The molecule has 0 spiro atoms. The average molecular weight is 285 g/mol. The van der Waals surface area contributed by atoms with Crippen molar-refractivity contribution in [3.05, 3.63) is 0 Å². The van der Waals surface area contributed by atoms with Gasteiger partial charge in [0.15, 0.2) is 0 Å². The van der Waals surface area contributed by atoms with Gasteiger partial charge in [-0.3, -0.25) is 0 Å². The third kappa shape index (κ3) is 6.55. The van der Waals surface area contributed by atoms with Crippen LogP contribution in [0.4, 0.5) is 0 Å². The summed E-state index contributed by atoms with van der Waals surface area (Å²) in [7, 11) is 0. The number of nitrogens with one attached hydrogen (secondary N) is 1. The van der Waals surface area contributed by atoms with Crippen LogP contribution < -0.4 is 5.32 Å². The molecule has 120 valence electrons. The topological polar surface area (TPSA) is 52.5 Å². The van der Waals surface area contributed by atoms with Crippen LogP contribution in [-0.2, 0) is 0 Å². The summed E-state index contributed by atoms with van der Waals surface area (Å²) < 4.78 is 0. The van der Waals surface area contributed by atoms with Gasteiger partial charge in [-0.25, -0.2) is 0 Å². The van der Waals surface area contributed by atoms with E-state index in [1.807, 2.05) is 6.92 Å². The van der Waals surface area contributed by atoms with E-state index in [0.29, 0.717) is 6.04 Å². The lowest BCUT2D eigenvalue weighted by molar-refractivity contribution is 0.0744. The van der Waals surface area contributed by atoms with Crippen LogP contribution in [0.25, 0.3) is 0 Å². The van der Waals surface area contributed by atoms with Crippen molar-refractivity contribution in [3.8, 4) is 0 Å². The van der Waals surface area contributed by atoms with Crippen molar-refractivity contribution in [3.63, 3.8) is 0 Å². The van der Waals surface area contributed by atoms with Crippen molar-refractivity contribution in [2.24, 2.45) is 0 Å². The molecule has 0 atom stereocenters. The first-order valence-corrected chi connectivity index (χ1v) is 8.76. The van der Waals surface area contributed by atoms with Crippen LogP contribution in [0.15, 0.2) is 0 Å². The van der Waals surface area contributed by atoms with E-state index in [-0.39, 0.29) is 13.2 Å². The van der Waals surface area contributed by atoms with Gasteiger partial charge in [0, 0.05) is 6.04 Å². The molecule has 0 amide bonds. The molecule has 0 unspecified atom stereocenters.